The van der Waals surface area contributed by atoms with Gasteiger partial charge in [0, 0.05) is 21.7 Å². The third kappa shape index (κ3) is 4.01. The molecule has 0 atom stereocenters. The number of carbonyl (C=O) groups is 1. The predicted molar refractivity (Wildman–Crippen MR) is 82.0 cm³/mol. The van der Waals surface area contributed by atoms with Gasteiger partial charge in [-0.15, -0.1) is 0 Å². The summed E-state index contributed by atoms with van der Waals surface area (Å²) >= 11 is 17.5. The molecule has 0 N–H and O–H groups in total. The quantitative estimate of drug-likeness (QED) is 0.425. The molecule has 0 aliphatic heterocycles. The van der Waals surface area contributed by atoms with Crippen LogP contribution in [-0.2, 0) is 0 Å². The van der Waals surface area contributed by atoms with Gasteiger partial charge in [0.25, 0.3) is 0 Å². The second-order valence-corrected chi connectivity index (χ2v) is 5.15. The molecule has 0 radical (unpaired) electrons. The summed E-state index contributed by atoms with van der Waals surface area (Å²) < 4.78 is 5.29. The number of ketones is 1. The molecular formula is C15H9Cl3O2. The average Bonchev–Trinajstić information content (AvgIpc) is 2.42. The lowest BCUT2D eigenvalue weighted by Crippen LogP contribution is -1.94. The summed E-state index contributed by atoms with van der Waals surface area (Å²) in [5.74, 6) is 0.239. The Bertz CT molecular complexity index is 649. The number of hydrogen-bond acceptors (Lipinski definition) is 2. The lowest BCUT2D eigenvalue weighted by atomic mass is 10.1. The lowest BCUT2D eigenvalue weighted by molar-refractivity contribution is 0.104. The summed E-state index contributed by atoms with van der Waals surface area (Å²) in [6.07, 6.45) is 2.60. The molecule has 20 heavy (non-hydrogen) atoms. The van der Waals surface area contributed by atoms with Crippen molar-refractivity contribution in [3.8, 4) is 5.75 Å². The number of rotatable bonds is 4. The van der Waals surface area contributed by atoms with E-state index in [0.29, 0.717) is 26.4 Å². The van der Waals surface area contributed by atoms with E-state index in [-0.39, 0.29) is 5.78 Å². The smallest absolute Gasteiger partial charge is 0.188 e. The highest BCUT2D eigenvalue weighted by atomic mass is 35.5. The second-order valence-electron chi connectivity index (χ2n) is 3.87. The van der Waals surface area contributed by atoms with Crippen molar-refractivity contribution in [3.05, 3.63) is 75.4 Å². The fraction of sp³-hybridized carbons (Fsp3) is 0. The topological polar surface area (TPSA) is 26.3 Å². The summed E-state index contributed by atoms with van der Waals surface area (Å²) in [5.41, 5.74) is 0.524. The summed E-state index contributed by atoms with van der Waals surface area (Å²) in [6, 6.07) is 11.4. The van der Waals surface area contributed by atoms with E-state index in [2.05, 4.69) is 0 Å². The van der Waals surface area contributed by atoms with Crippen LogP contribution in [0.25, 0.3) is 0 Å². The predicted octanol–water partition coefficient (Wildman–Crippen LogP) is 5.42. The minimum Gasteiger partial charge on any atom is -0.463 e. The summed E-state index contributed by atoms with van der Waals surface area (Å²) in [5, 5.41) is 1.47. The maximum absolute atomic E-state index is 11.8. The molecule has 2 aromatic carbocycles. The Morgan fingerprint density at radius 3 is 2.25 bits per heavy atom. The zero-order chi connectivity index (χ0) is 14.5. The minimum atomic E-state index is -0.188. The molecule has 2 rings (SSSR count). The van der Waals surface area contributed by atoms with Crippen molar-refractivity contribution in [3.63, 3.8) is 0 Å². The number of halogens is 3. The van der Waals surface area contributed by atoms with Crippen molar-refractivity contribution < 1.29 is 9.53 Å². The van der Waals surface area contributed by atoms with Gasteiger partial charge in [-0.2, -0.15) is 0 Å². The van der Waals surface area contributed by atoms with Gasteiger partial charge >= 0.3 is 0 Å². The fourth-order valence-electron chi connectivity index (χ4n) is 1.45. The normalized spacial score (nSPS) is 10.8. The first-order valence-electron chi connectivity index (χ1n) is 5.64. The van der Waals surface area contributed by atoms with Crippen molar-refractivity contribution in [1.29, 1.82) is 0 Å². The molecule has 0 bridgehead atoms. The highest BCUT2D eigenvalue weighted by molar-refractivity contribution is 6.35. The molecule has 0 saturated carbocycles. The van der Waals surface area contributed by atoms with Gasteiger partial charge in [-0.05, 0) is 42.5 Å². The Hall–Kier alpha value is -1.48. The maximum Gasteiger partial charge on any atom is 0.188 e. The van der Waals surface area contributed by atoms with Crippen molar-refractivity contribution in [1.82, 2.24) is 0 Å². The van der Waals surface area contributed by atoms with Gasteiger partial charge in [-0.3, -0.25) is 4.79 Å². The molecule has 0 spiro atoms. The van der Waals surface area contributed by atoms with Crippen molar-refractivity contribution in [2.45, 2.75) is 0 Å². The van der Waals surface area contributed by atoms with E-state index in [1.165, 1.54) is 12.3 Å². The van der Waals surface area contributed by atoms with Crippen LogP contribution in [0.4, 0.5) is 0 Å². The monoisotopic (exact) mass is 326 g/mol. The maximum atomic E-state index is 11.8. The Morgan fingerprint density at radius 1 is 0.950 bits per heavy atom. The Balaban J connectivity index is 2.02. The third-order valence-electron chi connectivity index (χ3n) is 2.44. The Labute approximate surface area is 131 Å². The van der Waals surface area contributed by atoms with Crippen molar-refractivity contribution in [2.75, 3.05) is 0 Å². The van der Waals surface area contributed by atoms with E-state index in [4.69, 9.17) is 39.5 Å². The van der Waals surface area contributed by atoms with Crippen LogP contribution in [0.3, 0.4) is 0 Å². The van der Waals surface area contributed by atoms with E-state index < -0.39 is 0 Å². The highest BCUT2D eigenvalue weighted by Crippen LogP contribution is 2.27. The number of hydrogen-bond donors (Lipinski definition) is 0. The zero-order valence-electron chi connectivity index (χ0n) is 10.1. The highest BCUT2D eigenvalue weighted by Gasteiger charge is 2.03. The van der Waals surface area contributed by atoms with E-state index in [0.717, 1.165) is 0 Å². The number of ether oxygens (including phenoxy) is 1. The van der Waals surface area contributed by atoms with Crippen LogP contribution < -0.4 is 4.74 Å². The van der Waals surface area contributed by atoms with E-state index in [9.17, 15) is 4.79 Å². The molecule has 5 heteroatoms. The molecule has 2 aromatic rings. The molecule has 0 fully saturated rings. The lowest BCUT2D eigenvalue weighted by Gasteiger charge is -2.02. The molecule has 0 amide bonds. The molecule has 0 saturated heterocycles. The van der Waals surface area contributed by atoms with E-state index >= 15 is 0 Å². The fourth-order valence-corrected chi connectivity index (χ4v) is 2.03. The average molecular weight is 328 g/mol. The molecular weight excluding hydrogens is 319 g/mol. The van der Waals surface area contributed by atoms with Crippen LogP contribution in [-0.4, -0.2) is 5.78 Å². The molecule has 0 unspecified atom stereocenters. The summed E-state index contributed by atoms with van der Waals surface area (Å²) in [4.78, 5) is 11.8. The van der Waals surface area contributed by atoms with Crippen LogP contribution in [0.5, 0.6) is 5.75 Å². The minimum absolute atomic E-state index is 0.188. The Kier molecular flexibility index (Phi) is 5.07. The SMILES string of the molecule is O=C(/C=C/Oc1ccc(Cl)cc1Cl)c1ccc(Cl)cc1. The summed E-state index contributed by atoms with van der Waals surface area (Å²) in [6.45, 7) is 0. The van der Waals surface area contributed by atoms with E-state index in [1.54, 1.807) is 42.5 Å². The first-order chi connectivity index (χ1) is 9.56. The first kappa shape index (κ1) is 14.9. The Morgan fingerprint density at radius 2 is 1.60 bits per heavy atom. The van der Waals surface area contributed by atoms with Crippen molar-refractivity contribution >= 4 is 40.6 Å². The van der Waals surface area contributed by atoms with Crippen LogP contribution in [0.2, 0.25) is 15.1 Å². The van der Waals surface area contributed by atoms with Crippen LogP contribution in [0.1, 0.15) is 10.4 Å². The number of allylic oxidation sites excluding steroid dienone is 1. The third-order valence-corrected chi connectivity index (χ3v) is 3.22. The van der Waals surface area contributed by atoms with Crippen LogP contribution in [0, 0.1) is 0 Å². The molecule has 102 valence electrons. The molecule has 0 heterocycles. The van der Waals surface area contributed by atoms with Gasteiger partial charge in [0.1, 0.15) is 5.75 Å². The largest absolute Gasteiger partial charge is 0.463 e. The number of benzene rings is 2. The van der Waals surface area contributed by atoms with Gasteiger partial charge in [0.2, 0.25) is 0 Å². The van der Waals surface area contributed by atoms with Crippen LogP contribution in [0.15, 0.2) is 54.8 Å². The molecule has 0 aliphatic rings. The number of carbonyl (C=O) groups excluding carboxylic acids is 1. The summed E-state index contributed by atoms with van der Waals surface area (Å²) in [7, 11) is 0. The van der Waals surface area contributed by atoms with Gasteiger partial charge in [-0.1, -0.05) is 34.8 Å². The first-order valence-corrected chi connectivity index (χ1v) is 6.78. The van der Waals surface area contributed by atoms with Gasteiger partial charge < -0.3 is 4.74 Å². The van der Waals surface area contributed by atoms with Crippen molar-refractivity contribution in [2.24, 2.45) is 0 Å². The van der Waals surface area contributed by atoms with E-state index in [1.807, 2.05) is 0 Å². The molecule has 0 aromatic heterocycles. The van der Waals surface area contributed by atoms with Gasteiger partial charge in [0.05, 0.1) is 11.3 Å². The zero-order valence-corrected chi connectivity index (χ0v) is 12.4. The second kappa shape index (κ2) is 6.80. The molecule has 2 nitrogen and oxygen atoms in total. The van der Waals surface area contributed by atoms with Gasteiger partial charge in [0.15, 0.2) is 5.78 Å². The standard InChI is InChI=1S/C15H9Cl3O2/c16-11-3-1-10(2-4-11)14(19)7-8-20-15-6-5-12(17)9-13(15)18/h1-9H/b8-7+. The van der Waals surface area contributed by atoms with Gasteiger partial charge in [-0.25, -0.2) is 0 Å². The van der Waals surface area contributed by atoms with Crippen LogP contribution >= 0.6 is 34.8 Å². The molecule has 0 aliphatic carbocycles.